The third-order valence-corrected chi connectivity index (χ3v) is 6.34. The van der Waals surface area contributed by atoms with E-state index in [4.69, 9.17) is 9.84 Å². The number of anilines is 2. The van der Waals surface area contributed by atoms with E-state index in [-0.39, 0.29) is 17.9 Å². The Labute approximate surface area is 197 Å². The number of rotatable bonds is 8. The summed E-state index contributed by atoms with van der Waals surface area (Å²) in [6.07, 6.45) is 3.24. The summed E-state index contributed by atoms with van der Waals surface area (Å²) >= 11 is 0. The van der Waals surface area contributed by atoms with Gasteiger partial charge >= 0.3 is 5.97 Å². The van der Waals surface area contributed by atoms with E-state index in [0.717, 1.165) is 36.9 Å². The van der Waals surface area contributed by atoms with Crippen LogP contribution in [0.15, 0.2) is 54.7 Å². The van der Waals surface area contributed by atoms with Crippen LogP contribution in [-0.2, 0) is 4.79 Å². The number of aromatic nitrogens is 2. The van der Waals surface area contributed by atoms with Crippen molar-refractivity contribution in [2.75, 3.05) is 12.4 Å². The molecule has 0 saturated heterocycles. The molecule has 6 nitrogen and oxygen atoms in total. The number of nitrogens with one attached hydrogen (secondary N) is 1. The number of hydrogen-bond donors (Lipinski definition) is 2. The van der Waals surface area contributed by atoms with Gasteiger partial charge in [-0.1, -0.05) is 24.3 Å². The molecule has 1 aromatic carbocycles. The first-order valence-electron chi connectivity index (χ1n) is 11.3. The molecule has 2 N–H and O–H groups in total. The monoisotopic (exact) mass is 467 g/mol. The second-order valence-electron chi connectivity index (χ2n) is 8.59. The molecule has 0 radical (unpaired) electrons. The SMILES string of the molecule is COc1nc(Nc2ccc(-c3ccc(C4CCC(CC(=O)O)CC4)cc3)nc2)ccc1C(F)F. The molecule has 0 bridgehead atoms. The van der Waals surface area contributed by atoms with Crippen LogP contribution in [0.5, 0.6) is 5.88 Å². The average molecular weight is 468 g/mol. The van der Waals surface area contributed by atoms with Gasteiger partial charge in [0.2, 0.25) is 5.88 Å². The zero-order chi connectivity index (χ0) is 24.1. The Balaban J connectivity index is 1.38. The number of alkyl halides is 2. The van der Waals surface area contributed by atoms with Crippen molar-refractivity contribution in [3.8, 4) is 17.1 Å². The van der Waals surface area contributed by atoms with Gasteiger partial charge in [0.25, 0.3) is 6.43 Å². The summed E-state index contributed by atoms with van der Waals surface area (Å²) in [4.78, 5) is 19.5. The van der Waals surface area contributed by atoms with Gasteiger partial charge in [0.05, 0.1) is 30.3 Å². The maximum atomic E-state index is 13.0. The van der Waals surface area contributed by atoms with Crippen LogP contribution in [0.2, 0.25) is 0 Å². The second kappa shape index (κ2) is 10.6. The summed E-state index contributed by atoms with van der Waals surface area (Å²) in [7, 11) is 1.31. The summed E-state index contributed by atoms with van der Waals surface area (Å²) in [5.41, 5.74) is 3.52. The molecule has 0 aliphatic heterocycles. The molecule has 2 aromatic heterocycles. The topological polar surface area (TPSA) is 84.3 Å². The van der Waals surface area contributed by atoms with Crippen molar-refractivity contribution in [1.82, 2.24) is 9.97 Å². The van der Waals surface area contributed by atoms with Gasteiger partial charge in [0, 0.05) is 12.0 Å². The molecular formula is C26H27F2N3O3. The van der Waals surface area contributed by atoms with Gasteiger partial charge in [0.1, 0.15) is 5.82 Å². The second-order valence-corrected chi connectivity index (χ2v) is 8.59. The van der Waals surface area contributed by atoms with Crippen LogP contribution in [0.1, 0.15) is 55.6 Å². The third-order valence-electron chi connectivity index (χ3n) is 6.34. The number of carbonyl (C=O) groups is 1. The molecule has 4 rings (SSSR count). The summed E-state index contributed by atoms with van der Waals surface area (Å²) in [6.45, 7) is 0. The zero-order valence-electron chi connectivity index (χ0n) is 18.9. The van der Waals surface area contributed by atoms with Crippen LogP contribution < -0.4 is 10.1 Å². The fraction of sp³-hybridized carbons (Fsp3) is 0.346. The number of pyridine rings is 2. The number of ether oxygens (including phenoxy) is 1. The first-order valence-corrected chi connectivity index (χ1v) is 11.3. The van der Waals surface area contributed by atoms with Crippen molar-refractivity contribution in [2.45, 2.75) is 44.4 Å². The third kappa shape index (κ3) is 5.68. The molecule has 0 spiro atoms. The molecule has 1 saturated carbocycles. The maximum Gasteiger partial charge on any atom is 0.303 e. The fourth-order valence-corrected chi connectivity index (χ4v) is 4.51. The number of nitrogens with zero attached hydrogens (tertiary/aromatic N) is 2. The highest BCUT2D eigenvalue weighted by molar-refractivity contribution is 5.67. The first-order chi connectivity index (χ1) is 16.4. The lowest BCUT2D eigenvalue weighted by molar-refractivity contribution is -0.138. The highest BCUT2D eigenvalue weighted by atomic mass is 19.3. The number of benzene rings is 1. The maximum absolute atomic E-state index is 13.0. The van der Waals surface area contributed by atoms with E-state index in [1.54, 1.807) is 6.20 Å². The number of carboxylic acids is 1. The Bertz CT molecular complexity index is 1110. The summed E-state index contributed by atoms with van der Waals surface area (Å²) < 4.78 is 31.0. The van der Waals surface area contributed by atoms with E-state index < -0.39 is 12.4 Å². The Hall–Kier alpha value is -3.55. The van der Waals surface area contributed by atoms with Gasteiger partial charge in [-0.15, -0.1) is 0 Å². The quantitative estimate of drug-likeness (QED) is 0.389. The number of aliphatic carboxylic acids is 1. The standard InChI is InChI=1S/C26H27F2N3O3/c1-34-26-21(25(27)28)11-13-23(31-26)30-20-10-12-22(29-15-20)19-8-6-18(7-9-19)17-4-2-16(3-5-17)14-24(32)33/h6-13,15-17,25H,2-5,14H2,1H3,(H,30,31)(H,32,33). The molecule has 0 amide bonds. The summed E-state index contributed by atoms with van der Waals surface area (Å²) in [6, 6.07) is 14.9. The molecule has 34 heavy (non-hydrogen) atoms. The van der Waals surface area contributed by atoms with Crippen molar-refractivity contribution >= 4 is 17.5 Å². The predicted octanol–water partition coefficient (Wildman–Crippen LogP) is 6.58. The Morgan fingerprint density at radius 1 is 1.09 bits per heavy atom. The van der Waals surface area contributed by atoms with Crippen molar-refractivity contribution in [1.29, 1.82) is 0 Å². The number of hydrogen-bond acceptors (Lipinski definition) is 5. The van der Waals surface area contributed by atoms with Gasteiger partial charge in [-0.25, -0.2) is 8.78 Å². The smallest absolute Gasteiger partial charge is 0.303 e. The average Bonchev–Trinajstić information content (AvgIpc) is 2.84. The fourth-order valence-electron chi connectivity index (χ4n) is 4.51. The van der Waals surface area contributed by atoms with Gasteiger partial charge in [-0.05, 0) is 67.3 Å². The van der Waals surface area contributed by atoms with Crippen molar-refractivity contribution in [3.05, 3.63) is 65.9 Å². The lowest BCUT2D eigenvalue weighted by atomic mass is 9.77. The van der Waals surface area contributed by atoms with Crippen molar-refractivity contribution in [3.63, 3.8) is 0 Å². The van der Waals surface area contributed by atoms with Gasteiger partial charge in [0.15, 0.2) is 0 Å². The van der Waals surface area contributed by atoms with Gasteiger partial charge < -0.3 is 15.2 Å². The predicted molar refractivity (Wildman–Crippen MR) is 126 cm³/mol. The molecule has 8 heteroatoms. The van der Waals surface area contributed by atoms with Gasteiger partial charge in [-0.3, -0.25) is 9.78 Å². The molecule has 1 aliphatic rings. The Morgan fingerprint density at radius 2 is 1.82 bits per heavy atom. The van der Waals surface area contributed by atoms with Crippen molar-refractivity contribution in [2.24, 2.45) is 5.92 Å². The number of carboxylic acid groups (broad SMARTS) is 1. The first kappa shape index (κ1) is 23.6. The minimum absolute atomic E-state index is 0.111. The Morgan fingerprint density at radius 3 is 2.41 bits per heavy atom. The Kier molecular flexibility index (Phi) is 7.35. The molecule has 1 aliphatic carbocycles. The lowest BCUT2D eigenvalue weighted by Crippen LogP contribution is -2.16. The number of methoxy groups -OCH3 is 1. The molecule has 1 fully saturated rings. The highest BCUT2D eigenvalue weighted by Crippen LogP contribution is 2.37. The summed E-state index contributed by atoms with van der Waals surface area (Å²) in [5, 5.41) is 12.0. The molecule has 178 valence electrons. The van der Waals surface area contributed by atoms with E-state index in [9.17, 15) is 13.6 Å². The van der Waals surface area contributed by atoms with E-state index in [2.05, 4.69) is 39.6 Å². The van der Waals surface area contributed by atoms with Crippen LogP contribution in [-0.4, -0.2) is 28.2 Å². The molecule has 3 aromatic rings. The van der Waals surface area contributed by atoms with E-state index in [1.807, 2.05) is 12.1 Å². The van der Waals surface area contributed by atoms with Crippen LogP contribution >= 0.6 is 0 Å². The number of halogens is 2. The minimum atomic E-state index is -2.66. The molecule has 0 atom stereocenters. The molecule has 2 heterocycles. The van der Waals surface area contributed by atoms with Gasteiger partial charge in [-0.2, -0.15) is 4.98 Å². The van der Waals surface area contributed by atoms with Crippen LogP contribution in [0.3, 0.4) is 0 Å². The van der Waals surface area contributed by atoms with Crippen LogP contribution in [0.25, 0.3) is 11.3 Å². The van der Waals surface area contributed by atoms with E-state index in [1.165, 1.54) is 24.8 Å². The normalized spacial score (nSPS) is 18.0. The zero-order valence-corrected chi connectivity index (χ0v) is 18.9. The minimum Gasteiger partial charge on any atom is -0.481 e. The van der Waals surface area contributed by atoms with Crippen LogP contribution in [0, 0.1) is 5.92 Å². The highest BCUT2D eigenvalue weighted by Gasteiger charge is 2.24. The largest absolute Gasteiger partial charge is 0.481 e. The summed E-state index contributed by atoms with van der Waals surface area (Å²) in [5.74, 6) is 0.336. The lowest BCUT2D eigenvalue weighted by Gasteiger charge is -2.28. The molecular weight excluding hydrogens is 440 g/mol. The van der Waals surface area contributed by atoms with Crippen LogP contribution in [0.4, 0.5) is 20.3 Å². The molecule has 0 unspecified atom stereocenters. The van der Waals surface area contributed by atoms with E-state index in [0.29, 0.717) is 23.3 Å². The van der Waals surface area contributed by atoms with Crippen molar-refractivity contribution < 1.29 is 23.4 Å². The van der Waals surface area contributed by atoms with E-state index >= 15 is 0 Å².